The highest BCUT2D eigenvalue weighted by atomic mass is 14.3. The van der Waals surface area contributed by atoms with Crippen molar-refractivity contribution in [1.29, 1.82) is 0 Å². The van der Waals surface area contributed by atoms with Crippen molar-refractivity contribution in [3.8, 4) is 0 Å². The van der Waals surface area contributed by atoms with Gasteiger partial charge in [0.05, 0.1) is 0 Å². The Hall–Kier alpha value is -8.58. The first-order valence-corrected chi connectivity index (χ1v) is 23.2. The van der Waals surface area contributed by atoms with Gasteiger partial charge in [0.25, 0.3) is 0 Å². The van der Waals surface area contributed by atoms with E-state index in [0.717, 1.165) is 0 Å². The number of fused-ring (bicyclic) bond motifs is 33. The molecule has 0 aliphatic rings. The molecule has 66 heavy (non-hydrogen) atoms. The molecule has 0 spiro atoms. The van der Waals surface area contributed by atoms with E-state index in [1.54, 1.807) is 0 Å². The van der Waals surface area contributed by atoms with E-state index in [0.29, 0.717) is 0 Å². The topological polar surface area (TPSA) is 0 Å². The van der Waals surface area contributed by atoms with Crippen LogP contribution in [0.4, 0.5) is 0 Å². The Balaban J connectivity index is 1.17. The van der Waals surface area contributed by atoms with Crippen LogP contribution in [0.15, 0.2) is 218 Å². The maximum Gasteiger partial charge on any atom is -0.00137 e. The van der Waals surface area contributed by atoms with Crippen molar-refractivity contribution in [2.45, 2.75) is 0 Å². The molecule has 0 atom stereocenters. The van der Waals surface area contributed by atoms with Gasteiger partial charge < -0.3 is 0 Å². The third-order valence-electron chi connectivity index (χ3n) is 15.5. The van der Waals surface area contributed by atoms with E-state index in [4.69, 9.17) is 0 Å². The smallest absolute Gasteiger partial charge is 0.00137 e. The van der Waals surface area contributed by atoms with Crippen LogP contribution in [0.1, 0.15) is 0 Å². The molecular formula is C66H36. The summed E-state index contributed by atoms with van der Waals surface area (Å²) in [4.78, 5) is 0. The molecular weight excluding hydrogens is 793 g/mol. The highest BCUT2D eigenvalue weighted by Crippen LogP contribution is 2.51. The lowest BCUT2D eigenvalue weighted by Gasteiger charge is -2.21. The standard InChI is InChI=1S/C66H36/c1-9-25-45-37(17-1)39-19-3-11-27-47(39)63-57-33-55-43-23-7-15-31-51(43)66-60-36-54-42-22-6-14-30-50(42)62-46-26-10-2-18-38(46)40-20-4-12-28-48(40)64(62)58(54)34-56(60)44-24-8-16-32-52(44)65(66)59(55)35-53(57)41-21-5-13-29-49(41)61(45)63/h1-36H. The van der Waals surface area contributed by atoms with Gasteiger partial charge >= 0.3 is 0 Å². The van der Waals surface area contributed by atoms with Gasteiger partial charge in [-0.1, -0.05) is 194 Å². The molecule has 0 unspecified atom stereocenters. The first-order valence-electron chi connectivity index (χ1n) is 23.2. The van der Waals surface area contributed by atoms with Gasteiger partial charge in [0.1, 0.15) is 0 Å². The average Bonchev–Trinajstić information content (AvgIpc) is 3.39. The Bertz CT molecular complexity index is 4600. The van der Waals surface area contributed by atoms with E-state index in [-0.39, 0.29) is 0 Å². The van der Waals surface area contributed by atoms with Crippen molar-refractivity contribution < 1.29 is 0 Å². The summed E-state index contributed by atoms with van der Waals surface area (Å²) in [6.45, 7) is 0. The largest absolute Gasteiger partial charge is 0.0616 e. The molecule has 0 saturated heterocycles. The lowest BCUT2D eigenvalue weighted by atomic mass is 9.82. The monoisotopic (exact) mass is 828 g/mol. The van der Waals surface area contributed by atoms with Gasteiger partial charge in [-0.05, 0) is 186 Å². The summed E-state index contributed by atoms with van der Waals surface area (Å²) < 4.78 is 0. The second-order valence-corrected chi connectivity index (χ2v) is 18.5. The zero-order valence-corrected chi connectivity index (χ0v) is 35.8. The minimum Gasteiger partial charge on any atom is -0.0616 e. The molecule has 0 N–H and O–H groups in total. The van der Waals surface area contributed by atoms with Crippen LogP contribution in [-0.2, 0) is 0 Å². The molecule has 16 aromatic carbocycles. The highest BCUT2D eigenvalue weighted by Gasteiger charge is 2.23. The van der Waals surface area contributed by atoms with Crippen molar-refractivity contribution in [3.63, 3.8) is 0 Å². The Labute approximate surface area is 378 Å². The van der Waals surface area contributed by atoms with Crippen LogP contribution in [0.2, 0.25) is 0 Å². The third-order valence-corrected chi connectivity index (χ3v) is 15.5. The first kappa shape index (κ1) is 34.9. The summed E-state index contributed by atoms with van der Waals surface area (Å²) in [7, 11) is 0. The molecule has 0 aliphatic carbocycles. The summed E-state index contributed by atoms with van der Waals surface area (Å²) >= 11 is 0. The van der Waals surface area contributed by atoms with E-state index in [9.17, 15) is 0 Å². The highest BCUT2D eigenvalue weighted by molar-refractivity contribution is 6.46. The number of hydrogen-bond donors (Lipinski definition) is 0. The van der Waals surface area contributed by atoms with Crippen LogP contribution in [0.3, 0.4) is 0 Å². The molecule has 16 rings (SSSR count). The number of benzene rings is 16. The quantitative estimate of drug-likeness (QED) is 0.106. The summed E-state index contributed by atoms with van der Waals surface area (Å²) in [5.41, 5.74) is 0. The second-order valence-electron chi connectivity index (χ2n) is 18.5. The predicted molar refractivity (Wildman–Crippen MR) is 289 cm³/mol. The van der Waals surface area contributed by atoms with Gasteiger partial charge in [-0.25, -0.2) is 0 Å². The average molecular weight is 829 g/mol. The zero-order chi connectivity index (χ0) is 42.8. The zero-order valence-electron chi connectivity index (χ0n) is 35.8. The van der Waals surface area contributed by atoms with E-state index in [1.807, 2.05) is 0 Å². The molecule has 0 fully saturated rings. The Morgan fingerprint density at radius 3 is 0.394 bits per heavy atom. The van der Waals surface area contributed by atoms with Crippen molar-refractivity contribution in [2.24, 2.45) is 0 Å². The van der Waals surface area contributed by atoms with Crippen molar-refractivity contribution in [2.75, 3.05) is 0 Å². The summed E-state index contributed by atoms with van der Waals surface area (Å²) in [5, 5.41) is 39.1. The van der Waals surface area contributed by atoms with Crippen LogP contribution in [0.25, 0.3) is 162 Å². The maximum absolute atomic E-state index is 2.56. The van der Waals surface area contributed by atoms with Crippen molar-refractivity contribution in [3.05, 3.63) is 218 Å². The molecule has 0 heteroatoms. The van der Waals surface area contributed by atoms with Crippen molar-refractivity contribution in [1.82, 2.24) is 0 Å². The van der Waals surface area contributed by atoms with Crippen molar-refractivity contribution >= 4 is 162 Å². The fourth-order valence-electron chi connectivity index (χ4n) is 12.9. The molecule has 0 heterocycles. The molecule has 0 bridgehead atoms. The minimum absolute atomic E-state index is 1.28. The second kappa shape index (κ2) is 12.6. The van der Waals surface area contributed by atoms with E-state index in [2.05, 4.69) is 218 Å². The molecule has 0 aliphatic heterocycles. The predicted octanol–water partition coefficient (Wildman–Crippen LogP) is 19.0. The van der Waals surface area contributed by atoms with Crippen LogP contribution in [0, 0.1) is 0 Å². The number of rotatable bonds is 0. The Morgan fingerprint density at radius 2 is 0.227 bits per heavy atom. The molecule has 0 nitrogen and oxygen atoms in total. The van der Waals surface area contributed by atoms with E-state index >= 15 is 0 Å². The molecule has 16 aromatic rings. The third kappa shape index (κ3) is 4.30. The fraction of sp³-hybridized carbons (Fsp3) is 0. The van der Waals surface area contributed by atoms with Gasteiger partial charge in [-0.3, -0.25) is 0 Å². The van der Waals surface area contributed by atoms with Gasteiger partial charge in [-0.15, -0.1) is 0 Å². The Morgan fingerprint density at radius 1 is 0.106 bits per heavy atom. The summed E-state index contributed by atoms with van der Waals surface area (Å²) in [5.74, 6) is 0. The van der Waals surface area contributed by atoms with Gasteiger partial charge in [0.2, 0.25) is 0 Å². The minimum atomic E-state index is 1.28. The van der Waals surface area contributed by atoms with Crippen LogP contribution in [0.5, 0.6) is 0 Å². The van der Waals surface area contributed by atoms with E-state index in [1.165, 1.54) is 162 Å². The molecule has 0 saturated carbocycles. The normalized spacial score (nSPS) is 12.5. The first-order chi connectivity index (χ1) is 32.8. The summed E-state index contributed by atoms with van der Waals surface area (Å²) in [6.07, 6.45) is 0. The van der Waals surface area contributed by atoms with Gasteiger partial charge in [0.15, 0.2) is 0 Å². The Kier molecular flexibility index (Phi) is 6.64. The number of hydrogen-bond acceptors (Lipinski definition) is 0. The molecule has 0 amide bonds. The van der Waals surface area contributed by atoms with Gasteiger partial charge in [0, 0.05) is 0 Å². The molecule has 0 radical (unpaired) electrons. The van der Waals surface area contributed by atoms with Crippen LogP contribution >= 0.6 is 0 Å². The molecule has 300 valence electrons. The van der Waals surface area contributed by atoms with Gasteiger partial charge in [-0.2, -0.15) is 0 Å². The van der Waals surface area contributed by atoms with Crippen LogP contribution in [-0.4, -0.2) is 0 Å². The van der Waals surface area contributed by atoms with Crippen LogP contribution < -0.4 is 0 Å². The fourth-order valence-corrected chi connectivity index (χ4v) is 12.9. The molecule has 0 aromatic heterocycles. The maximum atomic E-state index is 2.56. The lowest BCUT2D eigenvalue weighted by Crippen LogP contribution is -1.92. The summed E-state index contributed by atoms with van der Waals surface area (Å²) in [6, 6.07) is 82.9. The van der Waals surface area contributed by atoms with E-state index < -0.39 is 0 Å². The lowest BCUT2D eigenvalue weighted by molar-refractivity contribution is 1.79. The SMILES string of the molecule is c1ccc2c(c1)c1ccccc1c1c3cc4c5ccccc5c5c6cc7c8ccccc8c8c9ccccc9c9ccccc9c8c7cc6c6ccccc6c5c4cc3c3ccccc3c21.